The standard InChI is InChI=1S/C22H22N6O3/c23-9-10-24-21(29)17(12-20-25-15-3-1-2-4-19(15)31-20)26-22(30)18-11-16(13-5-6-13)27-28(18)14-7-8-14/h1-4,11,13-14,17H,5-8,10,12H2,(H,24,29)(H,26,30)/t17-/m0/s1. The fourth-order valence-electron chi connectivity index (χ4n) is 3.63. The lowest BCUT2D eigenvalue weighted by molar-refractivity contribution is -0.122. The number of carbonyl (C=O) groups is 2. The number of oxazole rings is 1. The van der Waals surface area contributed by atoms with Crippen LogP contribution in [0.5, 0.6) is 0 Å². The van der Waals surface area contributed by atoms with Crippen molar-refractivity contribution in [3.05, 3.63) is 47.6 Å². The van der Waals surface area contributed by atoms with Crippen molar-refractivity contribution < 1.29 is 14.0 Å². The second-order valence-corrected chi connectivity index (χ2v) is 8.09. The quantitative estimate of drug-likeness (QED) is 0.540. The Morgan fingerprint density at radius 2 is 2.06 bits per heavy atom. The van der Waals surface area contributed by atoms with Crippen LogP contribution >= 0.6 is 0 Å². The Morgan fingerprint density at radius 3 is 2.77 bits per heavy atom. The Bertz CT molecular complexity index is 1150. The van der Waals surface area contributed by atoms with Crippen molar-refractivity contribution in [1.29, 1.82) is 5.26 Å². The minimum Gasteiger partial charge on any atom is -0.441 e. The van der Waals surface area contributed by atoms with E-state index < -0.39 is 11.9 Å². The Kier molecular flexibility index (Phi) is 4.90. The van der Waals surface area contributed by atoms with Gasteiger partial charge in [0.1, 0.15) is 23.8 Å². The van der Waals surface area contributed by atoms with E-state index in [2.05, 4.69) is 20.7 Å². The smallest absolute Gasteiger partial charge is 0.270 e. The average Bonchev–Trinajstić information content (AvgIpc) is 3.71. The van der Waals surface area contributed by atoms with Gasteiger partial charge in [-0.3, -0.25) is 14.3 Å². The number of nitrogens with one attached hydrogen (secondary N) is 2. The third kappa shape index (κ3) is 4.14. The molecule has 2 saturated carbocycles. The molecule has 9 heteroatoms. The van der Waals surface area contributed by atoms with Gasteiger partial charge in [-0.15, -0.1) is 0 Å². The van der Waals surface area contributed by atoms with Gasteiger partial charge >= 0.3 is 0 Å². The SMILES string of the molecule is N#CCNC(=O)[C@H](Cc1nc2ccccc2o1)NC(=O)c1cc(C2CC2)nn1C1CC1. The van der Waals surface area contributed by atoms with E-state index in [9.17, 15) is 9.59 Å². The van der Waals surface area contributed by atoms with Crippen LogP contribution in [-0.2, 0) is 11.2 Å². The van der Waals surface area contributed by atoms with E-state index >= 15 is 0 Å². The summed E-state index contributed by atoms with van der Waals surface area (Å²) in [5.74, 6) is -0.0504. The summed E-state index contributed by atoms with van der Waals surface area (Å²) in [5.41, 5.74) is 2.71. The van der Waals surface area contributed by atoms with Gasteiger partial charge in [-0.2, -0.15) is 10.4 Å². The van der Waals surface area contributed by atoms with Crippen LogP contribution in [0.25, 0.3) is 11.1 Å². The van der Waals surface area contributed by atoms with Gasteiger partial charge in [-0.25, -0.2) is 4.98 Å². The largest absolute Gasteiger partial charge is 0.441 e. The summed E-state index contributed by atoms with van der Waals surface area (Å²) in [7, 11) is 0. The van der Waals surface area contributed by atoms with Crippen molar-refractivity contribution in [1.82, 2.24) is 25.4 Å². The van der Waals surface area contributed by atoms with E-state index in [1.54, 1.807) is 10.7 Å². The Balaban J connectivity index is 1.38. The number of nitriles is 1. The summed E-state index contributed by atoms with van der Waals surface area (Å²) < 4.78 is 7.53. The molecule has 158 valence electrons. The lowest BCUT2D eigenvalue weighted by Gasteiger charge is -2.16. The molecular weight excluding hydrogens is 396 g/mol. The normalized spacial score (nSPS) is 16.6. The maximum atomic E-state index is 13.1. The van der Waals surface area contributed by atoms with Gasteiger partial charge in [-0.1, -0.05) is 12.1 Å². The minimum absolute atomic E-state index is 0.0741. The molecule has 2 aromatic heterocycles. The summed E-state index contributed by atoms with van der Waals surface area (Å²) in [5, 5.41) is 18.8. The molecule has 0 aliphatic heterocycles. The highest BCUT2D eigenvalue weighted by atomic mass is 16.3. The van der Waals surface area contributed by atoms with Crippen LogP contribution in [0.2, 0.25) is 0 Å². The van der Waals surface area contributed by atoms with Crippen LogP contribution < -0.4 is 10.6 Å². The van der Waals surface area contributed by atoms with Crippen molar-refractivity contribution in [2.24, 2.45) is 0 Å². The Morgan fingerprint density at radius 1 is 1.26 bits per heavy atom. The van der Waals surface area contributed by atoms with Crippen molar-refractivity contribution in [3.8, 4) is 6.07 Å². The van der Waals surface area contributed by atoms with Gasteiger partial charge in [0.15, 0.2) is 11.5 Å². The first-order valence-electron chi connectivity index (χ1n) is 10.5. The minimum atomic E-state index is -0.930. The highest BCUT2D eigenvalue weighted by Crippen LogP contribution is 2.42. The van der Waals surface area contributed by atoms with Crippen LogP contribution in [-0.4, -0.2) is 39.2 Å². The van der Waals surface area contributed by atoms with Crippen LogP contribution in [0, 0.1) is 11.3 Å². The molecule has 31 heavy (non-hydrogen) atoms. The van der Waals surface area contributed by atoms with Crippen LogP contribution in [0.4, 0.5) is 0 Å². The number of hydrogen-bond donors (Lipinski definition) is 2. The summed E-state index contributed by atoms with van der Waals surface area (Å²) in [6, 6.07) is 10.3. The third-order valence-corrected chi connectivity index (χ3v) is 5.56. The molecule has 0 saturated heterocycles. The molecule has 2 heterocycles. The van der Waals surface area contributed by atoms with Crippen molar-refractivity contribution in [2.75, 3.05) is 6.54 Å². The van der Waals surface area contributed by atoms with Crippen molar-refractivity contribution >= 4 is 22.9 Å². The second-order valence-electron chi connectivity index (χ2n) is 8.09. The molecule has 3 aromatic rings. The fourth-order valence-corrected chi connectivity index (χ4v) is 3.63. The molecule has 0 radical (unpaired) electrons. The maximum absolute atomic E-state index is 13.1. The Labute approximate surface area is 178 Å². The fraction of sp³-hybridized carbons (Fsp3) is 0.409. The number of para-hydroxylation sites is 2. The summed E-state index contributed by atoms with van der Waals surface area (Å²) in [6.07, 6.45) is 4.27. The zero-order valence-corrected chi connectivity index (χ0v) is 16.9. The number of benzene rings is 1. The molecule has 2 amide bonds. The van der Waals surface area contributed by atoms with Gasteiger partial charge in [0.05, 0.1) is 24.2 Å². The maximum Gasteiger partial charge on any atom is 0.270 e. The number of aromatic nitrogens is 3. The zero-order chi connectivity index (χ0) is 21.4. The number of fused-ring (bicyclic) bond motifs is 1. The summed E-state index contributed by atoms with van der Waals surface area (Å²) >= 11 is 0. The van der Waals surface area contributed by atoms with Crippen LogP contribution in [0.3, 0.4) is 0 Å². The molecule has 9 nitrogen and oxygen atoms in total. The van der Waals surface area contributed by atoms with Crippen LogP contribution in [0.15, 0.2) is 34.7 Å². The first-order chi connectivity index (χ1) is 15.1. The predicted octanol–water partition coefficient (Wildman–Crippen LogP) is 2.22. The molecule has 2 fully saturated rings. The van der Waals surface area contributed by atoms with Crippen LogP contribution in [0.1, 0.15) is 59.7 Å². The van der Waals surface area contributed by atoms with Gasteiger partial charge in [0.25, 0.3) is 5.91 Å². The number of amides is 2. The molecule has 0 unspecified atom stereocenters. The molecule has 0 bridgehead atoms. The summed E-state index contributed by atoms with van der Waals surface area (Å²) in [6.45, 7) is -0.148. The average molecular weight is 418 g/mol. The van der Waals surface area contributed by atoms with E-state index in [0.717, 1.165) is 31.4 Å². The molecule has 2 aliphatic carbocycles. The first-order valence-corrected chi connectivity index (χ1v) is 10.5. The first kappa shape index (κ1) is 19.3. The predicted molar refractivity (Wildman–Crippen MR) is 110 cm³/mol. The second kappa shape index (κ2) is 7.87. The molecular formula is C22H22N6O3. The van der Waals surface area contributed by atoms with E-state index in [-0.39, 0.29) is 24.9 Å². The lowest BCUT2D eigenvalue weighted by atomic mass is 10.1. The van der Waals surface area contributed by atoms with E-state index in [0.29, 0.717) is 28.6 Å². The number of hydrogen-bond acceptors (Lipinski definition) is 6. The van der Waals surface area contributed by atoms with E-state index in [1.165, 1.54) is 0 Å². The lowest BCUT2D eigenvalue weighted by Crippen LogP contribution is -2.48. The molecule has 1 atom stereocenters. The topological polar surface area (TPSA) is 126 Å². The van der Waals surface area contributed by atoms with Crippen molar-refractivity contribution in [3.63, 3.8) is 0 Å². The monoisotopic (exact) mass is 418 g/mol. The zero-order valence-electron chi connectivity index (χ0n) is 16.9. The van der Waals surface area contributed by atoms with Crippen molar-refractivity contribution in [2.45, 2.75) is 50.1 Å². The number of carbonyl (C=O) groups excluding carboxylic acids is 2. The molecule has 0 spiro atoms. The Hall–Kier alpha value is -3.67. The van der Waals surface area contributed by atoms with Gasteiger partial charge in [0, 0.05) is 5.92 Å². The van der Waals surface area contributed by atoms with E-state index in [4.69, 9.17) is 9.68 Å². The van der Waals surface area contributed by atoms with E-state index in [1.807, 2.05) is 30.3 Å². The highest BCUT2D eigenvalue weighted by molar-refractivity contribution is 5.96. The number of rotatable bonds is 8. The number of nitrogens with zero attached hydrogens (tertiary/aromatic N) is 4. The molecule has 1 aromatic carbocycles. The molecule has 2 N–H and O–H groups in total. The molecule has 5 rings (SSSR count). The highest BCUT2D eigenvalue weighted by Gasteiger charge is 2.34. The van der Waals surface area contributed by atoms with Gasteiger partial charge < -0.3 is 15.1 Å². The molecule has 2 aliphatic rings. The van der Waals surface area contributed by atoms with Gasteiger partial charge in [-0.05, 0) is 43.9 Å². The third-order valence-electron chi connectivity index (χ3n) is 5.56. The summed E-state index contributed by atoms with van der Waals surface area (Å²) in [4.78, 5) is 30.2. The van der Waals surface area contributed by atoms with Gasteiger partial charge in [0.2, 0.25) is 5.91 Å².